The van der Waals surface area contributed by atoms with Crippen molar-refractivity contribution in [2.24, 2.45) is 0 Å². The summed E-state index contributed by atoms with van der Waals surface area (Å²) in [5.74, 6) is -1.20. The molecular weight excluding hydrogens is 309 g/mol. The first-order chi connectivity index (χ1) is 9.39. The zero-order chi connectivity index (χ0) is 15.2. The van der Waals surface area contributed by atoms with Gasteiger partial charge in [0, 0.05) is 5.88 Å². The molecular formula is C12H15ClFNO4S. The van der Waals surface area contributed by atoms with Gasteiger partial charge >= 0.3 is 5.97 Å². The van der Waals surface area contributed by atoms with E-state index in [-0.39, 0.29) is 17.0 Å². The Labute approximate surface area is 122 Å². The molecule has 0 atom stereocenters. The highest BCUT2D eigenvalue weighted by molar-refractivity contribution is 7.92. The molecule has 1 N–H and O–H groups in total. The number of ether oxygens (including phenoxy) is 1. The predicted molar refractivity (Wildman–Crippen MR) is 75.1 cm³/mol. The summed E-state index contributed by atoms with van der Waals surface area (Å²) in [6.45, 7) is 0. The number of esters is 1. The van der Waals surface area contributed by atoms with Gasteiger partial charge in [-0.1, -0.05) is 0 Å². The van der Waals surface area contributed by atoms with Gasteiger partial charge in [0.2, 0.25) is 10.0 Å². The van der Waals surface area contributed by atoms with Crippen molar-refractivity contribution in [2.45, 2.75) is 12.8 Å². The van der Waals surface area contributed by atoms with E-state index in [1.807, 2.05) is 0 Å². The van der Waals surface area contributed by atoms with Crippen LogP contribution in [0.1, 0.15) is 23.2 Å². The van der Waals surface area contributed by atoms with Gasteiger partial charge in [-0.15, -0.1) is 11.6 Å². The Morgan fingerprint density at radius 1 is 1.40 bits per heavy atom. The highest BCUT2D eigenvalue weighted by Gasteiger charge is 2.17. The number of unbranched alkanes of at least 4 members (excludes halogenated alkanes) is 1. The number of sulfonamides is 1. The van der Waals surface area contributed by atoms with Gasteiger partial charge < -0.3 is 4.74 Å². The molecule has 8 heteroatoms. The number of nitrogens with one attached hydrogen (secondary N) is 1. The van der Waals surface area contributed by atoms with Crippen LogP contribution < -0.4 is 4.72 Å². The van der Waals surface area contributed by atoms with Crippen molar-refractivity contribution in [2.75, 3.05) is 23.5 Å². The molecule has 0 radical (unpaired) electrons. The second kappa shape index (κ2) is 7.44. The molecule has 0 saturated carbocycles. The molecule has 5 nitrogen and oxygen atoms in total. The van der Waals surface area contributed by atoms with Gasteiger partial charge in [0.05, 0.1) is 24.1 Å². The molecule has 0 amide bonds. The quantitative estimate of drug-likeness (QED) is 0.475. The monoisotopic (exact) mass is 323 g/mol. The van der Waals surface area contributed by atoms with Gasteiger partial charge in [0.25, 0.3) is 0 Å². The summed E-state index contributed by atoms with van der Waals surface area (Å²) in [7, 11) is -2.51. The fourth-order valence-corrected chi connectivity index (χ4v) is 2.87. The third-order valence-corrected chi connectivity index (χ3v) is 4.07. The number of hydrogen-bond donors (Lipinski definition) is 1. The molecule has 0 spiro atoms. The standard InChI is InChI=1S/C12H15ClFNO4S/c1-19-12(16)10-5-4-9(14)8-11(10)15-20(17,18)7-3-2-6-13/h4-5,8,15H,2-3,6-7H2,1H3. The summed E-state index contributed by atoms with van der Waals surface area (Å²) < 4.78 is 43.5. The van der Waals surface area contributed by atoms with E-state index < -0.39 is 21.8 Å². The summed E-state index contributed by atoms with van der Waals surface area (Å²) in [6.07, 6.45) is 0.928. The molecule has 0 heterocycles. The minimum atomic E-state index is -3.67. The second-order valence-electron chi connectivity index (χ2n) is 4.00. The first kappa shape index (κ1) is 16.7. The summed E-state index contributed by atoms with van der Waals surface area (Å²) >= 11 is 5.47. The van der Waals surface area contributed by atoms with Crippen LogP contribution in [0, 0.1) is 5.82 Å². The highest BCUT2D eigenvalue weighted by atomic mass is 35.5. The van der Waals surface area contributed by atoms with Gasteiger partial charge in [-0.2, -0.15) is 0 Å². The number of anilines is 1. The number of methoxy groups -OCH3 is 1. The molecule has 0 fully saturated rings. The maximum atomic E-state index is 13.2. The summed E-state index contributed by atoms with van der Waals surface area (Å²) in [5.41, 5.74) is -0.183. The highest BCUT2D eigenvalue weighted by Crippen LogP contribution is 2.20. The molecule has 1 rings (SSSR count). The van der Waals surface area contributed by atoms with Crippen molar-refractivity contribution in [1.82, 2.24) is 0 Å². The summed E-state index contributed by atoms with van der Waals surface area (Å²) in [4.78, 5) is 11.5. The van der Waals surface area contributed by atoms with Gasteiger partial charge in [0.15, 0.2) is 0 Å². The largest absolute Gasteiger partial charge is 0.465 e. The van der Waals surface area contributed by atoms with Crippen LogP contribution in [0.5, 0.6) is 0 Å². The van der Waals surface area contributed by atoms with Crippen LogP contribution in [0.4, 0.5) is 10.1 Å². The van der Waals surface area contributed by atoms with Gasteiger partial charge in [-0.3, -0.25) is 4.72 Å². The Morgan fingerprint density at radius 2 is 2.10 bits per heavy atom. The lowest BCUT2D eigenvalue weighted by Gasteiger charge is -2.11. The van der Waals surface area contributed by atoms with E-state index >= 15 is 0 Å². The second-order valence-corrected chi connectivity index (χ2v) is 6.22. The SMILES string of the molecule is COC(=O)c1ccc(F)cc1NS(=O)(=O)CCCCCl. The number of halogens is 2. The van der Waals surface area contributed by atoms with Crippen LogP contribution in [0.15, 0.2) is 18.2 Å². The van der Waals surface area contributed by atoms with Crippen molar-refractivity contribution < 1.29 is 22.3 Å². The van der Waals surface area contributed by atoms with Crippen LogP contribution in [0.25, 0.3) is 0 Å². The van der Waals surface area contributed by atoms with E-state index in [9.17, 15) is 17.6 Å². The van der Waals surface area contributed by atoms with Crippen LogP contribution in [0.2, 0.25) is 0 Å². The van der Waals surface area contributed by atoms with Crippen LogP contribution >= 0.6 is 11.6 Å². The maximum absolute atomic E-state index is 13.2. The van der Waals surface area contributed by atoms with Crippen molar-refractivity contribution in [3.8, 4) is 0 Å². The number of carbonyl (C=O) groups excluding carboxylic acids is 1. The molecule has 0 bridgehead atoms. The van der Waals surface area contributed by atoms with Crippen molar-refractivity contribution in [1.29, 1.82) is 0 Å². The molecule has 0 saturated heterocycles. The number of alkyl halides is 1. The smallest absolute Gasteiger partial charge is 0.339 e. The Balaban J connectivity index is 2.95. The molecule has 0 aliphatic rings. The Bertz CT molecular complexity index is 577. The van der Waals surface area contributed by atoms with E-state index in [4.69, 9.17) is 11.6 Å². The number of carbonyl (C=O) groups is 1. The molecule has 112 valence electrons. The minimum Gasteiger partial charge on any atom is -0.465 e. The van der Waals surface area contributed by atoms with E-state index in [2.05, 4.69) is 9.46 Å². The molecule has 0 aliphatic carbocycles. The maximum Gasteiger partial charge on any atom is 0.339 e. The first-order valence-corrected chi connectivity index (χ1v) is 8.02. The van der Waals surface area contributed by atoms with E-state index in [0.29, 0.717) is 18.7 Å². The average molecular weight is 324 g/mol. The Kier molecular flexibility index (Phi) is 6.22. The van der Waals surface area contributed by atoms with Crippen molar-refractivity contribution in [3.63, 3.8) is 0 Å². The Hall–Kier alpha value is -1.34. The third kappa shape index (κ3) is 4.97. The topological polar surface area (TPSA) is 72.5 Å². The molecule has 0 aliphatic heterocycles. The molecule has 0 aromatic heterocycles. The lowest BCUT2D eigenvalue weighted by atomic mass is 10.2. The van der Waals surface area contributed by atoms with Gasteiger partial charge in [-0.05, 0) is 31.0 Å². The fourth-order valence-electron chi connectivity index (χ4n) is 1.49. The lowest BCUT2D eigenvalue weighted by molar-refractivity contribution is 0.0602. The minimum absolute atomic E-state index is 0.0465. The Morgan fingerprint density at radius 3 is 2.70 bits per heavy atom. The molecule has 1 aromatic carbocycles. The number of benzene rings is 1. The predicted octanol–water partition coefficient (Wildman–Crippen LogP) is 2.37. The van der Waals surface area contributed by atoms with Crippen molar-refractivity contribution >= 4 is 33.3 Å². The molecule has 1 aromatic rings. The van der Waals surface area contributed by atoms with Gasteiger partial charge in [0.1, 0.15) is 5.82 Å². The van der Waals surface area contributed by atoms with Crippen LogP contribution in [-0.4, -0.2) is 33.1 Å². The lowest BCUT2D eigenvalue weighted by Crippen LogP contribution is -2.19. The number of hydrogen-bond acceptors (Lipinski definition) is 4. The van der Waals surface area contributed by atoms with Crippen molar-refractivity contribution in [3.05, 3.63) is 29.6 Å². The summed E-state index contributed by atoms with van der Waals surface area (Å²) in [5, 5.41) is 0. The zero-order valence-corrected chi connectivity index (χ0v) is 12.4. The summed E-state index contributed by atoms with van der Waals surface area (Å²) in [6, 6.07) is 3.15. The van der Waals surface area contributed by atoms with Crippen LogP contribution in [0.3, 0.4) is 0 Å². The van der Waals surface area contributed by atoms with Crippen LogP contribution in [-0.2, 0) is 14.8 Å². The fraction of sp³-hybridized carbons (Fsp3) is 0.417. The third-order valence-electron chi connectivity index (χ3n) is 2.45. The molecule has 20 heavy (non-hydrogen) atoms. The van der Waals surface area contributed by atoms with Gasteiger partial charge in [-0.25, -0.2) is 17.6 Å². The zero-order valence-electron chi connectivity index (χ0n) is 10.9. The normalized spacial score (nSPS) is 11.2. The average Bonchev–Trinajstić information content (AvgIpc) is 2.37. The van der Waals surface area contributed by atoms with E-state index in [1.54, 1.807) is 0 Å². The first-order valence-electron chi connectivity index (χ1n) is 5.84. The molecule has 0 unspecified atom stereocenters. The number of rotatable bonds is 7. The van der Waals surface area contributed by atoms with E-state index in [0.717, 1.165) is 25.3 Å². The van der Waals surface area contributed by atoms with E-state index in [1.165, 1.54) is 0 Å².